The highest BCUT2D eigenvalue weighted by molar-refractivity contribution is 5.96. The third-order valence-corrected chi connectivity index (χ3v) is 3.85. The van der Waals surface area contributed by atoms with Gasteiger partial charge in [-0.1, -0.05) is 0 Å². The molecule has 162 valence electrons. The molecule has 0 aliphatic rings. The quantitative estimate of drug-likeness (QED) is 0.428. The van der Waals surface area contributed by atoms with Crippen LogP contribution >= 0.6 is 0 Å². The number of nitrogens with zero attached hydrogens (tertiary/aromatic N) is 1. The molecule has 0 bridgehead atoms. The van der Waals surface area contributed by atoms with Gasteiger partial charge in [-0.15, -0.1) is 0 Å². The number of hydrogen-bond donors (Lipinski definition) is 2. The van der Waals surface area contributed by atoms with Gasteiger partial charge in [-0.3, -0.25) is 4.79 Å². The topological polar surface area (TPSA) is 98.6 Å². The Bertz CT molecular complexity index is 855. The van der Waals surface area contributed by atoms with Crippen LogP contribution in [0.15, 0.2) is 35.4 Å². The molecule has 0 fully saturated rings. The summed E-state index contributed by atoms with van der Waals surface area (Å²) in [7, 11) is 0. The van der Waals surface area contributed by atoms with Crippen LogP contribution in [0.25, 0.3) is 0 Å². The first-order chi connectivity index (χ1) is 14.5. The van der Waals surface area contributed by atoms with Crippen LogP contribution in [0.4, 0.5) is 0 Å². The molecule has 30 heavy (non-hydrogen) atoms. The number of phenols is 1. The van der Waals surface area contributed by atoms with E-state index in [1.807, 2.05) is 27.7 Å². The number of nitrogens with one attached hydrogen (secondary N) is 1. The Labute approximate surface area is 176 Å². The van der Waals surface area contributed by atoms with Crippen LogP contribution < -0.4 is 24.4 Å². The maximum atomic E-state index is 12.6. The van der Waals surface area contributed by atoms with E-state index in [4.69, 9.17) is 18.9 Å². The number of hydrogen-bond acceptors (Lipinski definition) is 7. The van der Waals surface area contributed by atoms with E-state index in [0.717, 1.165) is 0 Å². The number of benzene rings is 2. The minimum Gasteiger partial charge on any atom is -0.507 e. The largest absolute Gasteiger partial charge is 0.507 e. The van der Waals surface area contributed by atoms with Gasteiger partial charge in [0, 0.05) is 17.2 Å². The van der Waals surface area contributed by atoms with E-state index in [1.165, 1.54) is 12.3 Å². The molecule has 0 atom stereocenters. The van der Waals surface area contributed by atoms with Gasteiger partial charge in [0.05, 0.1) is 32.6 Å². The molecule has 2 aromatic rings. The maximum Gasteiger partial charge on any atom is 0.271 e. The minimum absolute atomic E-state index is 0.00252. The molecule has 0 spiro atoms. The Kier molecular flexibility index (Phi) is 8.80. The highest BCUT2D eigenvalue weighted by Crippen LogP contribution is 2.39. The molecular formula is C22H28N2O6. The summed E-state index contributed by atoms with van der Waals surface area (Å²) in [6.45, 7) is 9.15. The SMILES string of the molecule is CCOc1ccc(/C=N/NC(=O)c2cc(OCC)c(OCC)c(OCC)c2)c(O)c1. The molecule has 1 amide bonds. The van der Waals surface area contributed by atoms with Gasteiger partial charge in [-0.25, -0.2) is 5.43 Å². The number of phenolic OH excluding ortho intramolecular Hbond substituents is 1. The third-order valence-electron chi connectivity index (χ3n) is 3.85. The normalized spacial score (nSPS) is 10.7. The summed E-state index contributed by atoms with van der Waals surface area (Å²) in [5.74, 6) is 1.39. The molecule has 0 aromatic heterocycles. The van der Waals surface area contributed by atoms with E-state index < -0.39 is 5.91 Å². The fourth-order valence-electron chi connectivity index (χ4n) is 2.63. The molecule has 0 aliphatic heterocycles. The fourth-order valence-corrected chi connectivity index (χ4v) is 2.63. The number of carbonyl (C=O) groups excluding carboxylic acids is 1. The predicted molar refractivity (Wildman–Crippen MR) is 114 cm³/mol. The van der Waals surface area contributed by atoms with E-state index in [-0.39, 0.29) is 5.75 Å². The standard InChI is InChI=1S/C22H28N2O6/c1-5-27-17-10-9-15(18(25)13-17)14-23-24-22(26)16-11-19(28-6-2)21(30-8-4)20(12-16)29-7-3/h9-14,25H,5-8H2,1-4H3,(H,24,26)/b23-14+. The number of carbonyl (C=O) groups is 1. The van der Waals surface area contributed by atoms with Crippen molar-refractivity contribution in [1.82, 2.24) is 5.43 Å². The van der Waals surface area contributed by atoms with E-state index in [2.05, 4.69) is 10.5 Å². The van der Waals surface area contributed by atoms with Gasteiger partial charge in [0.15, 0.2) is 11.5 Å². The monoisotopic (exact) mass is 416 g/mol. The number of amides is 1. The van der Waals surface area contributed by atoms with E-state index in [0.29, 0.717) is 60.6 Å². The molecule has 0 saturated carbocycles. The summed E-state index contributed by atoms with van der Waals surface area (Å²) < 4.78 is 22.2. The molecule has 8 nitrogen and oxygen atoms in total. The molecule has 2 aromatic carbocycles. The fraction of sp³-hybridized carbons (Fsp3) is 0.364. The summed E-state index contributed by atoms with van der Waals surface area (Å²) >= 11 is 0. The zero-order valence-corrected chi connectivity index (χ0v) is 17.7. The minimum atomic E-state index is -0.457. The zero-order valence-electron chi connectivity index (χ0n) is 17.7. The van der Waals surface area contributed by atoms with Gasteiger partial charge in [0.1, 0.15) is 11.5 Å². The van der Waals surface area contributed by atoms with Crippen LogP contribution in [0, 0.1) is 0 Å². The van der Waals surface area contributed by atoms with E-state index >= 15 is 0 Å². The highest BCUT2D eigenvalue weighted by atomic mass is 16.5. The van der Waals surface area contributed by atoms with Crippen LogP contribution in [0.2, 0.25) is 0 Å². The maximum absolute atomic E-state index is 12.6. The van der Waals surface area contributed by atoms with E-state index in [9.17, 15) is 9.90 Å². The van der Waals surface area contributed by atoms with Crippen LogP contribution in [-0.4, -0.2) is 43.7 Å². The lowest BCUT2D eigenvalue weighted by Crippen LogP contribution is -2.18. The Morgan fingerprint density at radius 3 is 2.07 bits per heavy atom. The summed E-state index contributed by atoms with van der Waals surface area (Å²) in [6.07, 6.45) is 1.35. The van der Waals surface area contributed by atoms with Gasteiger partial charge in [0.25, 0.3) is 5.91 Å². The van der Waals surface area contributed by atoms with Crippen LogP contribution in [0.3, 0.4) is 0 Å². The lowest BCUT2D eigenvalue weighted by Gasteiger charge is -2.16. The smallest absolute Gasteiger partial charge is 0.271 e. The Hall–Kier alpha value is -3.42. The van der Waals surface area contributed by atoms with Crippen molar-refractivity contribution in [3.8, 4) is 28.7 Å². The lowest BCUT2D eigenvalue weighted by atomic mass is 10.1. The molecule has 0 aliphatic carbocycles. The molecule has 8 heteroatoms. The molecule has 0 unspecified atom stereocenters. The molecular weight excluding hydrogens is 388 g/mol. The molecule has 0 heterocycles. The second kappa shape index (κ2) is 11.5. The Balaban J connectivity index is 2.20. The number of ether oxygens (including phenoxy) is 4. The second-order valence-corrected chi connectivity index (χ2v) is 5.95. The summed E-state index contributed by atoms with van der Waals surface area (Å²) in [5.41, 5.74) is 3.19. The average Bonchev–Trinajstić information content (AvgIpc) is 2.72. The van der Waals surface area contributed by atoms with E-state index in [1.54, 1.807) is 24.3 Å². The van der Waals surface area contributed by atoms with Crippen LogP contribution in [-0.2, 0) is 0 Å². The number of rotatable bonds is 11. The summed E-state index contributed by atoms with van der Waals surface area (Å²) in [5, 5.41) is 14.0. The molecule has 0 radical (unpaired) electrons. The lowest BCUT2D eigenvalue weighted by molar-refractivity contribution is 0.0954. The average molecular weight is 416 g/mol. The highest BCUT2D eigenvalue weighted by Gasteiger charge is 2.18. The molecule has 2 N–H and O–H groups in total. The van der Waals surface area contributed by atoms with Crippen molar-refractivity contribution in [3.05, 3.63) is 41.5 Å². The van der Waals surface area contributed by atoms with Crippen LogP contribution in [0.5, 0.6) is 28.7 Å². The van der Waals surface area contributed by atoms with Crippen LogP contribution in [0.1, 0.15) is 43.6 Å². The van der Waals surface area contributed by atoms with Gasteiger partial charge < -0.3 is 24.1 Å². The predicted octanol–water partition coefficient (Wildman–Crippen LogP) is 3.75. The van der Waals surface area contributed by atoms with Crippen molar-refractivity contribution in [2.45, 2.75) is 27.7 Å². The van der Waals surface area contributed by atoms with Gasteiger partial charge in [0.2, 0.25) is 5.75 Å². The first kappa shape index (κ1) is 22.9. The van der Waals surface area contributed by atoms with Crippen molar-refractivity contribution < 1.29 is 28.8 Å². The third kappa shape index (κ3) is 6.04. The first-order valence-electron chi connectivity index (χ1n) is 9.89. The number of aromatic hydroxyl groups is 1. The Morgan fingerprint density at radius 2 is 1.53 bits per heavy atom. The summed E-state index contributed by atoms with van der Waals surface area (Å²) in [6, 6.07) is 8.00. The number of hydrazone groups is 1. The van der Waals surface area contributed by atoms with Gasteiger partial charge >= 0.3 is 0 Å². The van der Waals surface area contributed by atoms with Gasteiger partial charge in [-0.2, -0.15) is 5.10 Å². The molecule has 2 rings (SSSR count). The van der Waals surface area contributed by atoms with Crippen molar-refractivity contribution >= 4 is 12.1 Å². The zero-order chi connectivity index (χ0) is 21.9. The molecule has 0 saturated heterocycles. The van der Waals surface area contributed by atoms with Crippen molar-refractivity contribution in [2.24, 2.45) is 5.10 Å². The van der Waals surface area contributed by atoms with Gasteiger partial charge in [-0.05, 0) is 52.0 Å². The first-order valence-corrected chi connectivity index (χ1v) is 9.89. The van der Waals surface area contributed by atoms with Crippen molar-refractivity contribution in [2.75, 3.05) is 26.4 Å². The second-order valence-electron chi connectivity index (χ2n) is 5.95. The van der Waals surface area contributed by atoms with Crippen molar-refractivity contribution in [3.63, 3.8) is 0 Å². The Morgan fingerprint density at radius 1 is 0.933 bits per heavy atom. The van der Waals surface area contributed by atoms with Crippen molar-refractivity contribution in [1.29, 1.82) is 0 Å². The summed E-state index contributed by atoms with van der Waals surface area (Å²) in [4.78, 5) is 12.6.